The molecule has 0 amide bonds. The van der Waals surface area contributed by atoms with Crippen molar-refractivity contribution in [3.05, 3.63) is 69.7 Å². The van der Waals surface area contributed by atoms with Crippen LogP contribution in [0.2, 0.25) is 10.0 Å². The van der Waals surface area contributed by atoms with Crippen LogP contribution in [0.4, 0.5) is 0 Å². The maximum absolute atomic E-state index is 12.3. The zero-order valence-electron chi connectivity index (χ0n) is 13.5. The summed E-state index contributed by atoms with van der Waals surface area (Å²) in [7, 11) is 0. The lowest BCUT2D eigenvalue weighted by Crippen LogP contribution is -2.22. The molecule has 1 nitrogen and oxygen atoms in total. The van der Waals surface area contributed by atoms with E-state index in [0.717, 1.165) is 11.1 Å². The van der Waals surface area contributed by atoms with E-state index >= 15 is 0 Å². The molecule has 4 heteroatoms. The van der Waals surface area contributed by atoms with Gasteiger partial charge in [-0.2, -0.15) is 0 Å². The van der Waals surface area contributed by atoms with E-state index in [9.17, 15) is 4.79 Å². The number of benzene rings is 2. The molecule has 0 aliphatic rings. The van der Waals surface area contributed by atoms with Gasteiger partial charge in [0.2, 0.25) is 0 Å². The number of hydrogen-bond donors (Lipinski definition) is 0. The fraction of sp³-hybridized carbons (Fsp3) is 0.316. The van der Waals surface area contributed by atoms with Gasteiger partial charge in [-0.1, -0.05) is 68.2 Å². The van der Waals surface area contributed by atoms with Crippen LogP contribution in [0.15, 0.2) is 48.5 Å². The van der Waals surface area contributed by atoms with Gasteiger partial charge in [0.25, 0.3) is 0 Å². The molecule has 0 bridgehead atoms. The summed E-state index contributed by atoms with van der Waals surface area (Å²) < 4.78 is 0. The Hall–Kier alpha value is -0.960. The van der Waals surface area contributed by atoms with Crippen LogP contribution < -0.4 is 0 Å². The largest absolute Gasteiger partial charge is 0.298 e. The van der Waals surface area contributed by atoms with Crippen molar-refractivity contribution >= 4 is 40.7 Å². The van der Waals surface area contributed by atoms with Gasteiger partial charge in [-0.25, -0.2) is 0 Å². The van der Waals surface area contributed by atoms with Crippen molar-refractivity contribution in [1.82, 2.24) is 0 Å². The van der Waals surface area contributed by atoms with Crippen molar-refractivity contribution in [2.45, 2.75) is 26.0 Å². The Morgan fingerprint density at radius 3 is 1.65 bits per heavy atom. The first-order valence-corrected chi connectivity index (χ1v) is 9.23. The molecule has 0 radical (unpaired) electrons. The Kier molecular flexibility index (Phi) is 6.19. The molecule has 0 unspecified atom stereocenters. The second-order valence-corrected chi connectivity index (χ2v) is 8.43. The molecule has 2 rings (SSSR count). The molecule has 0 aromatic heterocycles. The highest BCUT2D eigenvalue weighted by Crippen LogP contribution is 2.37. The van der Waals surface area contributed by atoms with E-state index in [1.54, 1.807) is 11.8 Å². The van der Waals surface area contributed by atoms with Crippen LogP contribution in [0.5, 0.6) is 0 Å². The van der Waals surface area contributed by atoms with Gasteiger partial charge in [-0.15, -0.1) is 11.8 Å². The summed E-state index contributed by atoms with van der Waals surface area (Å²) in [5.41, 5.74) is 1.93. The van der Waals surface area contributed by atoms with E-state index < -0.39 is 0 Å². The van der Waals surface area contributed by atoms with E-state index in [2.05, 4.69) is 0 Å². The van der Waals surface area contributed by atoms with Gasteiger partial charge in [0.1, 0.15) is 5.78 Å². The maximum atomic E-state index is 12.3. The second kappa shape index (κ2) is 7.74. The highest BCUT2D eigenvalue weighted by Gasteiger charge is 2.23. The third-order valence-electron chi connectivity index (χ3n) is 3.56. The third kappa shape index (κ3) is 5.27. The molecule has 0 N–H and O–H groups in total. The number of hydrogen-bond acceptors (Lipinski definition) is 2. The molecule has 2 aromatic rings. The predicted octanol–water partition coefficient (Wildman–Crippen LogP) is 6.43. The summed E-state index contributed by atoms with van der Waals surface area (Å²) in [5.74, 6) is 0.717. The minimum atomic E-state index is -0.322. The zero-order chi connectivity index (χ0) is 17.0. The average molecular weight is 367 g/mol. The lowest BCUT2D eigenvalue weighted by atomic mass is 9.92. The minimum Gasteiger partial charge on any atom is -0.298 e. The van der Waals surface area contributed by atoms with Crippen molar-refractivity contribution in [2.75, 3.05) is 5.75 Å². The van der Waals surface area contributed by atoms with Gasteiger partial charge in [-0.3, -0.25) is 4.79 Å². The zero-order valence-corrected chi connectivity index (χ0v) is 15.8. The van der Waals surface area contributed by atoms with Gasteiger partial charge in [-0.05, 0) is 35.4 Å². The first kappa shape index (κ1) is 18.4. The number of carbonyl (C=O) groups excluding carboxylic acids is 1. The molecule has 0 aliphatic heterocycles. The summed E-state index contributed by atoms with van der Waals surface area (Å²) in [6.45, 7) is 5.86. The first-order chi connectivity index (χ1) is 10.8. The van der Waals surface area contributed by atoms with Crippen LogP contribution in [0.1, 0.15) is 37.1 Å². The Balaban J connectivity index is 2.26. The average Bonchev–Trinajstić information content (AvgIpc) is 2.49. The smallest absolute Gasteiger partial charge is 0.148 e. The van der Waals surface area contributed by atoms with Crippen LogP contribution in [-0.2, 0) is 4.79 Å². The third-order valence-corrected chi connectivity index (χ3v) is 5.37. The second-order valence-electron chi connectivity index (χ2n) is 6.47. The predicted molar refractivity (Wildman–Crippen MR) is 102 cm³/mol. The molecular formula is C19H20Cl2OS. The number of ketones is 1. The van der Waals surface area contributed by atoms with Crippen molar-refractivity contribution < 1.29 is 4.79 Å². The number of Topliss-reactive ketones (excluding diaryl/α,β-unsaturated/α-hetero) is 1. The summed E-state index contributed by atoms with van der Waals surface area (Å²) >= 11 is 13.6. The summed E-state index contributed by atoms with van der Waals surface area (Å²) in [4.78, 5) is 12.3. The number of rotatable bonds is 5. The number of halogens is 2. The molecule has 2 aromatic carbocycles. The van der Waals surface area contributed by atoms with E-state index in [1.807, 2.05) is 69.3 Å². The van der Waals surface area contributed by atoms with Gasteiger partial charge in [0, 0.05) is 15.5 Å². The van der Waals surface area contributed by atoms with Crippen LogP contribution in [0.25, 0.3) is 0 Å². The van der Waals surface area contributed by atoms with Crippen molar-refractivity contribution in [1.29, 1.82) is 0 Å². The SMILES string of the molecule is CC(C)(C)C(=O)CSC(c1ccc(Cl)cc1)c1ccc(Cl)cc1. The topological polar surface area (TPSA) is 17.1 Å². The van der Waals surface area contributed by atoms with Gasteiger partial charge in [0.15, 0.2) is 0 Å². The fourth-order valence-electron chi connectivity index (χ4n) is 2.04. The Morgan fingerprint density at radius 1 is 0.913 bits per heavy atom. The van der Waals surface area contributed by atoms with Gasteiger partial charge in [0.05, 0.1) is 11.0 Å². The molecular weight excluding hydrogens is 347 g/mol. The molecule has 23 heavy (non-hydrogen) atoms. The molecule has 0 spiro atoms. The Bertz CT molecular complexity index is 612. The molecule has 122 valence electrons. The monoisotopic (exact) mass is 366 g/mol. The molecule has 0 saturated heterocycles. The van der Waals surface area contributed by atoms with Crippen molar-refractivity contribution in [3.8, 4) is 0 Å². The van der Waals surface area contributed by atoms with Crippen LogP contribution in [0, 0.1) is 5.41 Å². The van der Waals surface area contributed by atoms with Gasteiger partial charge >= 0.3 is 0 Å². The van der Waals surface area contributed by atoms with E-state index in [0.29, 0.717) is 15.8 Å². The molecule has 0 fully saturated rings. The Labute approximate surface area is 152 Å². The van der Waals surface area contributed by atoms with Crippen LogP contribution in [-0.4, -0.2) is 11.5 Å². The van der Waals surface area contributed by atoms with Crippen LogP contribution in [0.3, 0.4) is 0 Å². The van der Waals surface area contributed by atoms with Crippen molar-refractivity contribution in [3.63, 3.8) is 0 Å². The normalized spacial score (nSPS) is 11.7. The lowest BCUT2D eigenvalue weighted by molar-refractivity contribution is -0.123. The minimum absolute atomic E-state index is 0.0795. The summed E-state index contributed by atoms with van der Waals surface area (Å²) in [5, 5.41) is 1.49. The molecule has 0 heterocycles. The van der Waals surface area contributed by atoms with E-state index in [1.165, 1.54) is 0 Å². The fourth-order valence-corrected chi connectivity index (χ4v) is 3.74. The maximum Gasteiger partial charge on any atom is 0.148 e. The molecule has 0 saturated carbocycles. The van der Waals surface area contributed by atoms with E-state index in [-0.39, 0.29) is 16.4 Å². The first-order valence-electron chi connectivity index (χ1n) is 7.43. The van der Waals surface area contributed by atoms with E-state index in [4.69, 9.17) is 23.2 Å². The number of thioether (sulfide) groups is 1. The number of carbonyl (C=O) groups is 1. The van der Waals surface area contributed by atoms with Gasteiger partial charge < -0.3 is 0 Å². The lowest BCUT2D eigenvalue weighted by Gasteiger charge is -2.21. The quantitative estimate of drug-likeness (QED) is 0.606. The van der Waals surface area contributed by atoms with Crippen LogP contribution >= 0.6 is 35.0 Å². The van der Waals surface area contributed by atoms with Crippen molar-refractivity contribution in [2.24, 2.45) is 5.41 Å². The highest BCUT2D eigenvalue weighted by molar-refractivity contribution is 8.00. The summed E-state index contributed by atoms with van der Waals surface area (Å²) in [6.07, 6.45) is 0. The molecule has 0 atom stereocenters. The highest BCUT2D eigenvalue weighted by atomic mass is 35.5. The summed E-state index contributed by atoms with van der Waals surface area (Å²) in [6, 6.07) is 15.6. The molecule has 0 aliphatic carbocycles. The standard InChI is InChI=1S/C19H20Cl2OS/c1-19(2,3)17(22)12-23-18(13-4-8-15(20)9-5-13)14-6-10-16(21)11-7-14/h4-11,18H,12H2,1-3H3. The Morgan fingerprint density at radius 2 is 1.30 bits per heavy atom.